The summed E-state index contributed by atoms with van der Waals surface area (Å²) in [5.41, 5.74) is 0.762. The van der Waals surface area contributed by atoms with Gasteiger partial charge in [0.1, 0.15) is 11.7 Å². The standard InChI is InChI=1S/C15H20N4O2/c1-15(2,3)21-14(20)19-9-7-18(8-10-19)13-5-4-6-17-12(13)11-16/h4-6H,7-10H2,1-3H3. The molecule has 0 atom stereocenters. The van der Waals surface area contributed by atoms with E-state index in [1.165, 1.54) is 0 Å². The van der Waals surface area contributed by atoms with Gasteiger partial charge in [0.15, 0.2) is 5.69 Å². The smallest absolute Gasteiger partial charge is 0.410 e. The minimum absolute atomic E-state index is 0.283. The van der Waals surface area contributed by atoms with E-state index in [-0.39, 0.29) is 6.09 Å². The van der Waals surface area contributed by atoms with Crippen molar-refractivity contribution in [1.82, 2.24) is 9.88 Å². The Bertz CT molecular complexity index is 552. The van der Waals surface area contributed by atoms with Crippen molar-refractivity contribution in [3.8, 4) is 6.07 Å². The fourth-order valence-electron chi connectivity index (χ4n) is 2.19. The van der Waals surface area contributed by atoms with Crippen LogP contribution >= 0.6 is 0 Å². The normalized spacial score (nSPS) is 15.5. The van der Waals surface area contributed by atoms with E-state index in [4.69, 9.17) is 10.00 Å². The monoisotopic (exact) mass is 288 g/mol. The highest BCUT2D eigenvalue weighted by Crippen LogP contribution is 2.20. The lowest BCUT2D eigenvalue weighted by atomic mass is 10.2. The van der Waals surface area contributed by atoms with Gasteiger partial charge < -0.3 is 14.5 Å². The lowest BCUT2D eigenvalue weighted by Gasteiger charge is -2.36. The zero-order valence-corrected chi connectivity index (χ0v) is 12.7. The van der Waals surface area contributed by atoms with Gasteiger partial charge in [0.25, 0.3) is 0 Å². The Labute approximate surface area is 124 Å². The van der Waals surface area contributed by atoms with E-state index < -0.39 is 5.60 Å². The minimum Gasteiger partial charge on any atom is -0.444 e. The molecule has 0 spiro atoms. The van der Waals surface area contributed by atoms with Crippen LogP contribution in [0.4, 0.5) is 10.5 Å². The lowest BCUT2D eigenvalue weighted by Crippen LogP contribution is -2.50. The third kappa shape index (κ3) is 3.85. The molecule has 0 saturated carbocycles. The van der Waals surface area contributed by atoms with Crippen LogP contribution in [-0.2, 0) is 4.74 Å². The molecular formula is C15H20N4O2. The van der Waals surface area contributed by atoms with Gasteiger partial charge in [0.2, 0.25) is 0 Å². The van der Waals surface area contributed by atoms with Crippen molar-refractivity contribution >= 4 is 11.8 Å². The number of carbonyl (C=O) groups excluding carboxylic acids is 1. The molecule has 6 nitrogen and oxygen atoms in total. The summed E-state index contributed by atoms with van der Waals surface area (Å²) in [6.07, 6.45) is 1.33. The molecule has 1 saturated heterocycles. The average Bonchev–Trinajstić information content (AvgIpc) is 2.45. The predicted octanol–water partition coefficient (Wildman–Crippen LogP) is 2.01. The molecule has 2 rings (SSSR count). The number of amides is 1. The van der Waals surface area contributed by atoms with Gasteiger partial charge in [-0.2, -0.15) is 5.26 Å². The number of carbonyl (C=O) groups is 1. The molecule has 112 valence electrons. The zero-order valence-electron chi connectivity index (χ0n) is 12.7. The largest absolute Gasteiger partial charge is 0.444 e. The van der Waals surface area contributed by atoms with Crippen molar-refractivity contribution in [2.45, 2.75) is 26.4 Å². The first-order chi connectivity index (χ1) is 9.90. The second kappa shape index (κ2) is 6.00. The summed E-state index contributed by atoms with van der Waals surface area (Å²) in [5, 5.41) is 9.09. The van der Waals surface area contributed by atoms with Crippen LogP contribution in [0, 0.1) is 11.3 Å². The molecule has 0 aromatic carbocycles. The number of pyridine rings is 1. The first-order valence-electron chi connectivity index (χ1n) is 6.99. The van der Waals surface area contributed by atoms with Crippen LogP contribution in [-0.4, -0.2) is 47.8 Å². The summed E-state index contributed by atoms with van der Waals surface area (Å²) in [5.74, 6) is 0. The molecule has 1 aromatic rings. The molecular weight excluding hydrogens is 268 g/mol. The maximum atomic E-state index is 12.0. The summed E-state index contributed by atoms with van der Waals surface area (Å²) in [4.78, 5) is 19.8. The third-order valence-corrected chi connectivity index (χ3v) is 3.16. The second-order valence-electron chi connectivity index (χ2n) is 5.94. The lowest BCUT2D eigenvalue weighted by molar-refractivity contribution is 0.0240. The number of nitrogens with zero attached hydrogens (tertiary/aromatic N) is 4. The fourth-order valence-corrected chi connectivity index (χ4v) is 2.19. The number of piperazine rings is 1. The Morgan fingerprint density at radius 1 is 1.33 bits per heavy atom. The first kappa shape index (κ1) is 15.1. The zero-order chi connectivity index (χ0) is 15.5. The molecule has 1 aliphatic heterocycles. The van der Waals surface area contributed by atoms with Gasteiger partial charge >= 0.3 is 6.09 Å². The van der Waals surface area contributed by atoms with Crippen molar-refractivity contribution in [2.24, 2.45) is 0 Å². The number of aromatic nitrogens is 1. The van der Waals surface area contributed by atoms with E-state index in [0.717, 1.165) is 5.69 Å². The van der Waals surface area contributed by atoms with Gasteiger partial charge in [-0.25, -0.2) is 9.78 Å². The summed E-state index contributed by atoms with van der Waals surface area (Å²) in [6.45, 7) is 8.06. The molecule has 1 aromatic heterocycles. The van der Waals surface area contributed by atoms with Gasteiger partial charge in [-0.1, -0.05) is 0 Å². The Morgan fingerprint density at radius 2 is 2.00 bits per heavy atom. The van der Waals surface area contributed by atoms with E-state index in [2.05, 4.69) is 16.0 Å². The SMILES string of the molecule is CC(C)(C)OC(=O)N1CCN(c2cccnc2C#N)CC1. The highest BCUT2D eigenvalue weighted by Gasteiger charge is 2.26. The van der Waals surface area contributed by atoms with Crippen LogP contribution in [0.3, 0.4) is 0 Å². The number of hydrogen-bond donors (Lipinski definition) is 0. The molecule has 1 fully saturated rings. The van der Waals surface area contributed by atoms with E-state index >= 15 is 0 Å². The van der Waals surface area contributed by atoms with Crippen LogP contribution in [0.15, 0.2) is 18.3 Å². The molecule has 21 heavy (non-hydrogen) atoms. The molecule has 0 bridgehead atoms. The molecule has 0 radical (unpaired) electrons. The maximum absolute atomic E-state index is 12.0. The number of hydrogen-bond acceptors (Lipinski definition) is 5. The van der Waals surface area contributed by atoms with E-state index in [0.29, 0.717) is 31.9 Å². The highest BCUT2D eigenvalue weighted by molar-refractivity contribution is 5.69. The van der Waals surface area contributed by atoms with Crippen LogP contribution in [0.25, 0.3) is 0 Å². The Hall–Kier alpha value is -2.29. The summed E-state index contributed by atoms with van der Waals surface area (Å²) >= 11 is 0. The van der Waals surface area contributed by atoms with Crippen LogP contribution in [0.5, 0.6) is 0 Å². The summed E-state index contributed by atoms with van der Waals surface area (Å²) < 4.78 is 5.37. The van der Waals surface area contributed by atoms with Crippen molar-refractivity contribution in [1.29, 1.82) is 5.26 Å². The fraction of sp³-hybridized carbons (Fsp3) is 0.533. The van der Waals surface area contributed by atoms with Gasteiger partial charge in [-0.15, -0.1) is 0 Å². The predicted molar refractivity (Wildman–Crippen MR) is 79.0 cm³/mol. The molecule has 1 amide bonds. The quantitative estimate of drug-likeness (QED) is 0.790. The van der Waals surface area contributed by atoms with Crippen molar-refractivity contribution in [2.75, 3.05) is 31.1 Å². The van der Waals surface area contributed by atoms with Crippen LogP contribution in [0.2, 0.25) is 0 Å². The molecule has 0 aliphatic carbocycles. The average molecular weight is 288 g/mol. The van der Waals surface area contributed by atoms with E-state index in [1.807, 2.05) is 32.9 Å². The first-order valence-corrected chi connectivity index (χ1v) is 6.99. The maximum Gasteiger partial charge on any atom is 0.410 e. The Balaban J connectivity index is 1.98. The molecule has 0 N–H and O–H groups in total. The van der Waals surface area contributed by atoms with Crippen LogP contribution < -0.4 is 4.90 Å². The molecule has 2 heterocycles. The third-order valence-electron chi connectivity index (χ3n) is 3.16. The van der Waals surface area contributed by atoms with Gasteiger partial charge in [-0.3, -0.25) is 0 Å². The van der Waals surface area contributed by atoms with Crippen LogP contribution in [0.1, 0.15) is 26.5 Å². The van der Waals surface area contributed by atoms with Crippen molar-refractivity contribution in [3.63, 3.8) is 0 Å². The van der Waals surface area contributed by atoms with E-state index in [1.54, 1.807) is 11.1 Å². The Kier molecular flexibility index (Phi) is 4.32. The number of anilines is 1. The van der Waals surface area contributed by atoms with Gasteiger partial charge in [0.05, 0.1) is 5.69 Å². The highest BCUT2D eigenvalue weighted by atomic mass is 16.6. The van der Waals surface area contributed by atoms with Gasteiger partial charge in [0, 0.05) is 32.4 Å². The van der Waals surface area contributed by atoms with Gasteiger partial charge in [-0.05, 0) is 32.9 Å². The Morgan fingerprint density at radius 3 is 2.57 bits per heavy atom. The van der Waals surface area contributed by atoms with E-state index in [9.17, 15) is 4.79 Å². The molecule has 0 unspecified atom stereocenters. The van der Waals surface area contributed by atoms with Crippen molar-refractivity contribution < 1.29 is 9.53 Å². The topological polar surface area (TPSA) is 69.5 Å². The summed E-state index contributed by atoms with van der Waals surface area (Å²) in [7, 11) is 0. The minimum atomic E-state index is -0.481. The van der Waals surface area contributed by atoms with Crippen molar-refractivity contribution in [3.05, 3.63) is 24.0 Å². The summed E-state index contributed by atoms with van der Waals surface area (Å²) in [6, 6.07) is 5.80. The molecule has 6 heteroatoms. The number of nitriles is 1. The number of rotatable bonds is 1. The second-order valence-corrected chi connectivity index (χ2v) is 5.94. The number of ether oxygens (including phenoxy) is 1. The molecule has 1 aliphatic rings.